The molecule has 3 heterocycles. The molecule has 1 atom stereocenters. The van der Waals surface area contributed by atoms with Crippen LogP contribution in [-0.4, -0.2) is 70.9 Å². The number of hydrogen-bond donors (Lipinski definition) is 1. The Morgan fingerprint density at radius 2 is 1.81 bits per heavy atom. The Bertz CT molecular complexity index is 1790. The largest absolute Gasteiger partial charge is 0.494 e. The molecule has 11 nitrogen and oxygen atoms in total. The van der Waals surface area contributed by atoms with Crippen LogP contribution in [0.1, 0.15) is 30.7 Å². The maximum atomic E-state index is 14.4. The molecule has 248 valence electrons. The molecular weight excluding hydrogens is 631 g/mol. The Kier molecular flexibility index (Phi) is 10.4. The number of alkyl halides is 3. The number of nitrogens with one attached hydrogen (secondary N) is 1. The number of ether oxygens (including phenoxy) is 3. The molecule has 0 aliphatic carbocycles. The maximum Gasteiger partial charge on any atom is 0.417 e. The second-order valence-corrected chi connectivity index (χ2v) is 10.1. The summed E-state index contributed by atoms with van der Waals surface area (Å²) in [6.45, 7) is 2.92. The second kappa shape index (κ2) is 14.6. The quantitative estimate of drug-likeness (QED) is 0.120. The number of amides is 1. The molecule has 5 rings (SSSR count). The van der Waals surface area contributed by atoms with Gasteiger partial charge in [0.05, 0.1) is 49.9 Å². The molecular formula is C31H29F5N6O5. The van der Waals surface area contributed by atoms with E-state index in [4.69, 9.17) is 18.7 Å². The highest BCUT2D eigenvalue weighted by molar-refractivity contribution is 5.83. The molecule has 47 heavy (non-hydrogen) atoms. The van der Waals surface area contributed by atoms with Crippen LogP contribution in [0, 0.1) is 11.6 Å². The molecule has 0 fully saturated rings. The maximum absolute atomic E-state index is 14.4. The minimum atomic E-state index is -4.75. The lowest BCUT2D eigenvalue weighted by Crippen LogP contribution is -2.36. The summed E-state index contributed by atoms with van der Waals surface area (Å²) in [5.74, 6) is -3.09. The van der Waals surface area contributed by atoms with Gasteiger partial charge in [0.1, 0.15) is 22.8 Å². The average Bonchev–Trinajstić information content (AvgIpc) is 3.70. The summed E-state index contributed by atoms with van der Waals surface area (Å²) in [7, 11) is 1.52. The van der Waals surface area contributed by atoms with E-state index in [1.54, 1.807) is 0 Å². The lowest BCUT2D eigenvalue weighted by molar-refractivity contribution is -0.137. The van der Waals surface area contributed by atoms with Crippen molar-refractivity contribution >= 4 is 5.91 Å². The zero-order chi connectivity index (χ0) is 33.6. The van der Waals surface area contributed by atoms with E-state index in [9.17, 15) is 26.7 Å². The lowest BCUT2D eigenvalue weighted by Gasteiger charge is -2.17. The van der Waals surface area contributed by atoms with Gasteiger partial charge in [0.25, 0.3) is 5.91 Å². The third-order valence-corrected chi connectivity index (χ3v) is 6.81. The summed E-state index contributed by atoms with van der Waals surface area (Å²) in [6.07, 6.45) is -1.57. The van der Waals surface area contributed by atoms with Gasteiger partial charge in [-0.2, -0.15) is 18.3 Å². The van der Waals surface area contributed by atoms with Crippen LogP contribution in [-0.2, 0) is 20.4 Å². The number of carbonyl (C=O) groups is 1. The van der Waals surface area contributed by atoms with E-state index in [0.29, 0.717) is 19.6 Å². The first-order chi connectivity index (χ1) is 22.6. The lowest BCUT2D eigenvalue weighted by atomic mass is 10.0. The van der Waals surface area contributed by atoms with Crippen LogP contribution in [0.15, 0.2) is 59.4 Å². The highest BCUT2D eigenvalue weighted by Gasteiger charge is 2.36. The molecule has 0 saturated heterocycles. The van der Waals surface area contributed by atoms with Crippen molar-refractivity contribution in [2.24, 2.45) is 0 Å². The van der Waals surface area contributed by atoms with Crippen molar-refractivity contribution in [1.29, 1.82) is 0 Å². The number of aromatic nitrogens is 5. The SMILES string of the molecule is CCCOc1ccc(-c2cc(C(C(=O)NCCOCCOC)n3cc4nc(-c5cccc(F)c5F)nc-4cn3)on2)c(C(F)(F)F)c1. The Morgan fingerprint density at radius 1 is 1.00 bits per heavy atom. The van der Waals surface area contributed by atoms with Crippen LogP contribution in [0.5, 0.6) is 5.75 Å². The van der Waals surface area contributed by atoms with E-state index in [2.05, 4.69) is 25.5 Å². The molecule has 0 spiro atoms. The number of nitrogens with zero attached hydrogens (tertiary/aromatic N) is 5. The van der Waals surface area contributed by atoms with E-state index in [-0.39, 0.29) is 65.3 Å². The Labute approximate surface area is 265 Å². The zero-order valence-corrected chi connectivity index (χ0v) is 25.2. The molecule has 1 aromatic heterocycles. The van der Waals surface area contributed by atoms with Crippen molar-refractivity contribution in [2.45, 2.75) is 25.6 Å². The molecule has 2 aliphatic rings. The number of halogens is 5. The van der Waals surface area contributed by atoms with E-state index in [0.717, 1.165) is 16.8 Å². The topological polar surface area (TPSA) is 126 Å². The van der Waals surface area contributed by atoms with Gasteiger partial charge >= 0.3 is 6.18 Å². The Hall–Kier alpha value is -4.96. The van der Waals surface area contributed by atoms with Gasteiger partial charge in [-0.3, -0.25) is 9.48 Å². The molecule has 2 aromatic carbocycles. The summed E-state index contributed by atoms with van der Waals surface area (Å²) in [5, 5.41) is 10.8. The van der Waals surface area contributed by atoms with Crippen LogP contribution < -0.4 is 10.1 Å². The molecule has 16 heteroatoms. The van der Waals surface area contributed by atoms with Gasteiger partial charge < -0.3 is 24.1 Å². The number of fused-ring (bicyclic) bond motifs is 1. The smallest absolute Gasteiger partial charge is 0.417 e. The number of benzene rings is 2. The molecule has 1 amide bonds. The van der Waals surface area contributed by atoms with Crippen molar-refractivity contribution in [2.75, 3.05) is 40.1 Å². The minimum Gasteiger partial charge on any atom is -0.494 e. The highest BCUT2D eigenvalue weighted by Crippen LogP contribution is 2.40. The van der Waals surface area contributed by atoms with Gasteiger partial charge in [-0.1, -0.05) is 18.1 Å². The first-order valence-electron chi connectivity index (χ1n) is 14.4. The fourth-order valence-corrected chi connectivity index (χ4v) is 4.58. The number of carbonyl (C=O) groups excluding carboxylic acids is 1. The predicted octanol–water partition coefficient (Wildman–Crippen LogP) is 5.55. The fourth-order valence-electron chi connectivity index (χ4n) is 4.58. The van der Waals surface area contributed by atoms with E-state index < -0.39 is 35.3 Å². The summed E-state index contributed by atoms with van der Waals surface area (Å²) < 4.78 is 92.9. The number of hydrogen-bond acceptors (Lipinski definition) is 9. The van der Waals surface area contributed by atoms with Crippen LogP contribution in [0.25, 0.3) is 34.0 Å². The van der Waals surface area contributed by atoms with Crippen LogP contribution >= 0.6 is 0 Å². The Balaban J connectivity index is 1.50. The normalized spacial score (nSPS) is 12.4. The highest BCUT2D eigenvalue weighted by atomic mass is 19.4. The monoisotopic (exact) mass is 660 g/mol. The van der Waals surface area contributed by atoms with Crippen molar-refractivity contribution in [3.63, 3.8) is 0 Å². The summed E-state index contributed by atoms with van der Waals surface area (Å²) in [6, 6.07) is 6.89. The summed E-state index contributed by atoms with van der Waals surface area (Å²) in [5.41, 5.74) is -1.28. The molecule has 0 saturated carbocycles. The second-order valence-electron chi connectivity index (χ2n) is 10.1. The number of methoxy groups -OCH3 is 1. The Morgan fingerprint density at radius 3 is 2.57 bits per heavy atom. The van der Waals surface area contributed by atoms with E-state index in [1.807, 2.05) is 6.92 Å². The standard InChI is InChI=1S/C31H29F5N6O5/c1-3-10-46-18-7-8-19(21(14-18)31(34,35)36)23-15-26(47-41-23)28(30(43)37-9-11-45-13-12-44-2)42-17-25-24(16-38-42)39-29(40-25)20-5-4-6-22(32)27(20)33/h4-8,14-17,28H,3,9-13H2,1-2H3,(H,37,43). The number of imidazole rings is 1. The first-order valence-corrected chi connectivity index (χ1v) is 14.4. The van der Waals surface area contributed by atoms with Gasteiger partial charge in [0.2, 0.25) is 0 Å². The van der Waals surface area contributed by atoms with Gasteiger partial charge in [-0.25, -0.2) is 18.7 Å². The van der Waals surface area contributed by atoms with Gasteiger partial charge in [0, 0.05) is 25.3 Å². The summed E-state index contributed by atoms with van der Waals surface area (Å²) >= 11 is 0. The van der Waals surface area contributed by atoms with Crippen LogP contribution in [0.2, 0.25) is 0 Å². The molecule has 3 aromatic rings. The summed E-state index contributed by atoms with van der Waals surface area (Å²) in [4.78, 5) is 22.0. The van der Waals surface area contributed by atoms with E-state index >= 15 is 0 Å². The first kappa shape index (κ1) is 33.4. The van der Waals surface area contributed by atoms with Crippen LogP contribution in [0.4, 0.5) is 22.0 Å². The molecule has 0 bridgehead atoms. The van der Waals surface area contributed by atoms with Crippen molar-refractivity contribution in [1.82, 2.24) is 30.2 Å². The minimum absolute atomic E-state index is 0.0398. The van der Waals surface area contributed by atoms with Crippen molar-refractivity contribution in [3.8, 4) is 39.8 Å². The third-order valence-electron chi connectivity index (χ3n) is 6.81. The van der Waals surface area contributed by atoms with Crippen molar-refractivity contribution in [3.05, 3.63) is 77.8 Å². The van der Waals surface area contributed by atoms with Gasteiger partial charge in [0.15, 0.2) is 29.3 Å². The van der Waals surface area contributed by atoms with Crippen LogP contribution in [0.3, 0.4) is 0 Å². The van der Waals surface area contributed by atoms with E-state index in [1.165, 1.54) is 49.8 Å². The predicted molar refractivity (Wildman–Crippen MR) is 156 cm³/mol. The molecule has 1 N–H and O–H groups in total. The third kappa shape index (κ3) is 7.72. The molecule has 2 aliphatic heterocycles. The number of rotatable bonds is 14. The van der Waals surface area contributed by atoms with Gasteiger partial charge in [-0.15, -0.1) is 0 Å². The fraction of sp³-hybridized carbons (Fsp3) is 0.323. The van der Waals surface area contributed by atoms with Gasteiger partial charge in [-0.05, 0) is 36.8 Å². The molecule has 1 unspecified atom stereocenters. The average molecular weight is 661 g/mol. The van der Waals surface area contributed by atoms with Crippen molar-refractivity contribution < 1.29 is 45.5 Å². The molecule has 0 radical (unpaired) electrons. The zero-order valence-electron chi connectivity index (χ0n) is 25.2.